The zero-order chi connectivity index (χ0) is 13.9. The molecule has 1 aromatic carbocycles. The first-order valence-electron chi connectivity index (χ1n) is 5.88. The molecule has 0 spiro atoms. The molecule has 0 bridgehead atoms. The van der Waals surface area contributed by atoms with Crippen LogP contribution in [0.2, 0.25) is 0 Å². The molecule has 19 heavy (non-hydrogen) atoms. The number of ether oxygens (including phenoxy) is 1. The number of halogens is 4. The van der Waals surface area contributed by atoms with E-state index in [1.807, 2.05) is 0 Å². The molecule has 106 valence electrons. The standard InChI is InChI=1S/C12H14F4N2O/c13-11(14)12(15,16)19-10-4-2-1-3-8(10)9-7-17-5-6-18-9/h1-4,9,11,17-18H,5-7H2/t9-/m1/s1. The van der Waals surface area contributed by atoms with E-state index in [4.69, 9.17) is 0 Å². The number of para-hydroxylation sites is 1. The minimum Gasteiger partial charge on any atom is -0.428 e. The monoisotopic (exact) mass is 278 g/mol. The minimum absolute atomic E-state index is 0.228. The molecule has 1 aliphatic rings. The molecule has 0 radical (unpaired) electrons. The van der Waals surface area contributed by atoms with Gasteiger partial charge in [-0.15, -0.1) is 0 Å². The van der Waals surface area contributed by atoms with E-state index in [1.54, 1.807) is 12.1 Å². The molecule has 1 fully saturated rings. The molecule has 7 heteroatoms. The summed E-state index contributed by atoms with van der Waals surface area (Å²) in [4.78, 5) is 0. The number of benzene rings is 1. The molecule has 0 unspecified atom stereocenters. The Kier molecular flexibility index (Phi) is 4.26. The fraction of sp³-hybridized carbons (Fsp3) is 0.500. The lowest BCUT2D eigenvalue weighted by molar-refractivity contribution is -0.253. The Morgan fingerprint density at radius 2 is 1.95 bits per heavy atom. The second kappa shape index (κ2) is 5.75. The number of nitrogens with one attached hydrogen (secondary N) is 2. The van der Waals surface area contributed by atoms with E-state index in [9.17, 15) is 17.6 Å². The molecule has 0 amide bonds. The zero-order valence-electron chi connectivity index (χ0n) is 10.0. The largest absolute Gasteiger partial charge is 0.461 e. The van der Waals surface area contributed by atoms with Crippen LogP contribution < -0.4 is 15.4 Å². The van der Waals surface area contributed by atoms with Gasteiger partial charge in [-0.2, -0.15) is 17.6 Å². The Labute approximate surface area is 107 Å². The fourth-order valence-corrected chi connectivity index (χ4v) is 1.93. The lowest BCUT2D eigenvalue weighted by Crippen LogP contribution is -2.43. The van der Waals surface area contributed by atoms with Crippen molar-refractivity contribution in [1.82, 2.24) is 10.6 Å². The van der Waals surface area contributed by atoms with Gasteiger partial charge in [0.15, 0.2) is 0 Å². The van der Waals surface area contributed by atoms with Crippen LogP contribution >= 0.6 is 0 Å². The van der Waals surface area contributed by atoms with Crippen LogP contribution in [0.3, 0.4) is 0 Å². The topological polar surface area (TPSA) is 33.3 Å². The van der Waals surface area contributed by atoms with Gasteiger partial charge in [0, 0.05) is 31.2 Å². The highest BCUT2D eigenvalue weighted by Crippen LogP contribution is 2.32. The Morgan fingerprint density at radius 1 is 1.21 bits per heavy atom. The van der Waals surface area contributed by atoms with Gasteiger partial charge in [-0.25, -0.2) is 0 Å². The van der Waals surface area contributed by atoms with Crippen molar-refractivity contribution in [2.24, 2.45) is 0 Å². The summed E-state index contributed by atoms with van der Waals surface area (Å²) >= 11 is 0. The van der Waals surface area contributed by atoms with Gasteiger partial charge in [-0.05, 0) is 6.07 Å². The smallest absolute Gasteiger partial charge is 0.428 e. The summed E-state index contributed by atoms with van der Waals surface area (Å²) in [5.41, 5.74) is 0.440. The van der Waals surface area contributed by atoms with Gasteiger partial charge < -0.3 is 15.4 Å². The first-order valence-corrected chi connectivity index (χ1v) is 5.88. The highest BCUT2D eigenvalue weighted by molar-refractivity contribution is 5.36. The molecule has 1 saturated heterocycles. The molecule has 0 aromatic heterocycles. The highest BCUT2D eigenvalue weighted by atomic mass is 19.3. The third-order valence-corrected chi connectivity index (χ3v) is 2.84. The maximum absolute atomic E-state index is 13.0. The first-order chi connectivity index (χ1) is 9.00. The predicted octanol–water partition coefficient (Wildman–Crippen LogP) is 2.16. The van der Waals surface area contributed by atoms with Crippen LogP contribution in [0.5, 0.6) is 5.75 Å². The zero-order valence-corrected chi connectivity index (χ0v) is 10.0. The van der Waals surface area contributed by atoms with E-state index >= 15 is 0 Å². The van der Waals surface area contributed by atoms with Gasteiger partial charge in [-0.1, -0.05) is 18.2 Å². The van der Waals surface area contributed by atoms with Gasteiger partial charge in [0.1, 0.15) is 5.75 Å². The van der Waals surface area contributed by atoms with Crippen molar-refractivity contribution in [3.63, 3.8) is 0 Å². The highest BCUT2D eigenvalue weighted by Gasteiger charge is 2.44. The van der Waals surface area contributed by atoms with Crippen molar-refractivity contribution in [2.45, 2.75) is 18.6 Å². The second-order valence-electron chi connectivity index (χ2n) is 4.21. The molecule has 1 aromatic rings. The number of alkyl halides is 4. The third kappa shape index (κ3) is 3.36. The Bertz CT molecular complexity index is 422. The van der Waals surface area contributed by atoms with Crippen molar-refractivity contribution in [2.75, 3.05) is 19.6 Å². The van der Waals surface area contributed by atoms with Gasteiger partial charge in [-0.3, -0.25) is 0 Å². The summed E-state index contributed by atoms with van der Waals surface area (Å²) < 4.78 is 54.5. The van der Waals surface area contributed by atoms with E-state index in [0.717, 1.165) is 6.54 Å². The van der Waals surface area contributed by atoms with Crippen LogP contribution in [0, 0.1) is 0 Å². The average molecular weight is 278 g/mol. The van der Waals surface area contributed by atoms with Crippen LogP contribution in [0.15, 0.2) is 24.3 Å². The van der Waals surface area contributed by atoms with Crippen molar-refractivity contribution >= 4 is 0 Å². The summed E-state index contributed by atoms with van der Waals surface area (Å²) in [7, 11) is 0. The summed E-state index contributed by atoms with van der Waals surface area (Å²) in [6, 6.07) is 5.73. The average Bonchev–Trinajstić information content (AvgIpc) is 2.40. The molecular formula is C12H14F4N2O. The van der Waals surface area contributed by atoms with Gasteiger partial charge in [0.25, 0.3) is 0 Å². The normalized spacial score (nSPS) is 20.6. The maximum atomic E-state index is 13.0. The van der Waals surface area contributed by atoms with Crippen LogP contribution in [-0.2, 0) is 0 Å². The Morgan fingerprint density at radius 3 is 2.58 bits per heavy atom. The van der Waals surface area contributed by atoms with Crippen molar-refractivity contribution in [1.29, 1.82) is 0 Å². The van der Waals surface area contributed by atoms with E-state index < -0.39 is 12.5 Å². The van der Waals surface area contributed by atoms with Gasteiger partial charge in [0.05, 0.1) is 0 Å². The molecule has 1 atom stereocenters. The first kappa shape index (κ1) is 14.1. The Balaban J connectivity index is 2.20. The van der Waals surface area contributed by atoms with Gasteiger partial charge in [0.2, 0.25) is 0 Å². The molecule has 1 heterocycles. The molecule has 2 rings (SSSR count). The second-order valence-corrected chi connectivity index (χ2v) is 4.21. The van der Waals surface area contributed by atoms with Crippen molar-refractivity contribution in [3.05, 3.63) is 29.8 Å². The van der Waals surface area contributed by atoms with E-state index in [1.165, 1.54) is 12.1 Å². The molecule has 2 N–H and O–H groups in total. The van der Waals surface area contributed by atoms with Crippen LogP contribution in [-0.4, -0.2) is 32.2 Å². The molecule has 0 saturated carbocycles. The number of rotatable bonds is 4. The van der Waals surface area contributed by atoms with E-state index in [0.29, 0.717) is 18.7 Å². The lowest BCUT2D eigenvalue weighted by Gasteiger charge is -2.27. The number of hydrogen-bond donors (Lipinski definition) is 2. The predicted molar refractivity (Wildman–Crippen MR) is 61.6 cm³/mol. The summed E-state index contributed by atoms with van der Waals surface area (Å²) in [5.74, 6) is -0.228. The van der Waals surface area contributed by atoms with Crippen molar-refractivity contribution in [3.8, 4) is 5.75 Å². The van der Waals surface area contributed by atoms with Crippen LogP contribution in [0.1, 0.15) is 11.6 Å². The van der Waals surface area contributed by atoms with Crippen LogP contribution in [0.4, 0.5) is 17.6 Å². The maximum Gasteiger partial charge on any atom is 0.461 e. The van der Waals surface area contributed by atoms with E-state index in [-0.39, 0.29) is 11.8 Å². The molecule has 0 aliphatic carbocycles. The third-order valence-electron chi connectivity index (χ3n) is 2.84. The summed E-state index contributed by atoms with van der Waals surface area (Å²) in [5, 5.41) is 6.21. The molecule has 3 nitrogen and oxygen atoms in total. The SMILES string of the molecule is FC(F)C(F)(F)Oc1ccccc1[C@H]1CNCCN1. The minimum atomic E-state index is -4.49. The van der Waals surface area contributed by atoms with Crippen molar-refractivity contribution < 1.29 is 22.3 Å². The molecular weight excluding hydrogens is 264 g/mol. The molecule has 1 aliphatic heterocycles. The summed E-state index contributed by atoms with van der Waals surface area (Å²) in [6.45, 7) is 1.97. The Hall–Kier alpha value is -1.34. The fourth-order valence-electron chi connectivity index (χ4n) is 1.93. The lowest BCUT2D eigenvalue weighted by atomic mass is 10.0. The summed E-state index contributed by atoms with van der Waals surface area (Å²) in [6.07, 6.45) is -8.35. The number of piperazine rings is 1. The quantitative estimate of drug-likeness (QED) is 0.828. The van der Waals surface area contributed by atoms with E-state index in [2.05, 4.69) is 15.4 Å². The van der Waals surface area contributed by atoms with Crippen LogP contribution in [0.25, 0.3) is 0 Å². The van der Waals surface area contributed by atoms with Gasteiger partial charge >= 0.3 is 12.5 Å². The number of hydrogen-bond acceptors (Lipinski definition) is 3.